The van der Waals surface area contributed by atoms with Gasteiger partial charge in [-0.3, -0.25) is 9.59 Å². The van der Waals surface area contributed by atoms with Gasteiger partial charge in [-0.05, 0) is 44.5 Å². The number of carbonyl (C=O) groups excluding carboxylic acids is 2. The molecule has 0 fully saturated rings. The first-order valence-corrected chi connectivity index (χ1v) is 11.2. The zero-order chi connectivity index (χ0) is 22.4. The summed E-state index contributed by atoms with van der Waals surface area (Å²) in [4.78, 5) is 28.8. The number of nitrogens with zero attached hydrogens (tertiary/aromatic N) is 1. The van der Waals surface area contributed by atoms with Crippen LogP contribution < -0.4 is 10.6 Å². The van der Waals surface area contributed by atoms with Crippen LogP contribution in [0.2, 0.25) is 0 Å². The van der Waals surface area contributed by atoms with Crippen LogP contribution in [0.25, 0.3) is 0 Å². The van der Waals surface area contributed by atoms with Crippen molar-refractivity contribution in [2.24, 2.45) is 0 Å². The summed E-state index contributed by atoms with van der Waals surface area (Å²) in [5.41, 5.74) is 2.85. The van der Waals surface area contributed by atoms with Crippen LogP contribution in [0.3, 0.4) is 0 Å². The average Bonchev–Trinajstić information content (AvgIpc) is 2.79. The van der Waals surface area contributed by atoms with Crippen LogP contribution in [0.15, 0.2) is 35.4 Å². The van der Waals surface area contributed by atoms with Gasteiger partial charge in [0.2, 0.25) is 0 Å². The van der Waals surface area contributed by atoms with E-state index in [4.69, 9.17) is 5.11 Å². The zero-order valence-electron chi connectivity index (χ0n) is 18.4. The fourth-order valence-corrected chi connectivity index (χ4v) is 4.12. The molecular weight excluding hydrogens is 394 g/mol. The van der Waals surface area contributed by atoms with Gasteiger partial charge in [-0.25, -0.2) is 0 Å². The first-order valence-electron chi connectivity index (χ1n) is 11.2. The number of Topliss-reactive ketones (excluding diaryl/α,β-unsaturated/α-hetero) is 2. The number of hydrogen-bond donors (Lipinski definition) is 4. The number of carbonyl (C=O) groups is 2. The van der Waals surface area contributed by atoms with Crippen molar-refractivity contribution in [3.8, 4) is 0 Å². The number of likely N-dealkylation sites (N-methyl/N-ethyl adjacent to an activating group) is 1. The molecule has 0 bridgehead atoms. The molecule has 1 aromatic carbocycles. The summed E-state index contributed by atoms with van der Waals surface area (Å²) in [5.74, 6) is -0.313. The number of nitrogens with one attached hydrogen (secondary N) is 2. The molecule has 0 amide bonds. The van der Waals surface area contributed by atoms with Gasteiger partial charge in [0.25, 0.3) is 0 Å². The molecule has 31 heavy (non-hydrogen) atoms. The van der Waals surface area contributed by atoms with Crippen molar-refractivity contribution in [3.05, 3.63) is 46.6 Å². The topological polar surface area (TPSA) is 102 Å². The van der Waals surface area contributed by atoms with Crippen molar-refractivity contribution < 1.29 is 19.8 Å². The van der Waals surface area contributed by atoms with Crippen molar-refractivity contribution >= 4 is 22.9 Å². The Morgan fingerprint density at radius 2 is 1.52 bits per heavy atom. The lowest BCUT2D eigenvalue weighted by atomic mass is 9.78. The van der Waals surface area contributed by atoms with Crippen molar-refractivity contribution in [2.75, 3.05) is 50.0 Å². The van der Waals surface area contributed by atoms with Gasteiger partial charge in [0.05, 0.1) is 17.2 Å². The Bertz CT molecular complexity index is 887. The highest BCUT2D eigenvalue weighted by Crippen LogP contribution is 2.39. The van der Waals surface area contributed by atoms with Crippen molar-refractivity contribution in [1.29, 1.82) is 0 Å². The minimum absolute atomic E-state index is 0.0458. The van der Waals surface area contributed by atoms with Gasteiger partial charge in [0.15, 0.2) is 11.6 Å². The number of aliphatic hydroxyl groups is 2. The summed E-state index contributed by atoms with van der Waals surface area (Å²) >= 11 is 0. The second-order valence-electron chi connectivity index (χ2n) is 7.91. The average molecular weight is 428 g/mol. The summed E-state index contributed by atoms with van der Waals surface area (Å²) in [6, 6.07) is 3.58. The maximum Gasteiger partial charge on any atom is 0.196 e. The quantitative estimate of drug-likeness (QED) is 0.403. The van der Waals surface area contributed by atoms with Gasteiger partial charge >= 0.3 is 0 Å². The fourth-order valence-electron chi connectivity index (χ4n) is 4.12. The summed E-state index contributed by atoms with van der Waals surface area (Å²) in [6.07, 6.45) is 5.13. The fraction of sp³-hybridized carbons (Fsp3) is 0.500. The molecule has 2 aliphatic rings. The molecular formula is C24H33N3O4. The SMILES string of the molecule is CCN(CC)CC(O)CNc1ccc(NCCCO)c2c1C(=O)C1=CCCC=C1C2=O. The molecule has 0 aromatic heterocycles. The van der Waals surface area contributed by atoms with E-state index in [0.29, 0.717) is 53.2 Å². The van der Waals surface area contributed by atoms with Crippen LogP contribution in [-0.2, 0) is 0 Å². The predicted octanol–water partition coefficient (Wildman–Crippen LogP) is 2.62. The highest BCUT2D eigenvalue weighted by molar-refractivity contribution is 6.34. The van der Waals surface area contributed by atoms with E-state index in [1.54, 1.807) is 12.1 Å². The maximum absolute atomic E-state index is 13.4. The Morgan fingerprint density at radius 1 is 0.968 bits per heavy atom. The highest BCUT2D eigenvalue weighted by Gasteiger charge is 2.37. The van der Waals surface area contributed by atoms with E-state index >= 15 is 0 Å². The van der Waals surface area contributed by atoms with E-state index in [9.17, 15) is 14.7 Å². The van der Waals surface area contributed by atoms with Crippen LogP contribution in [-0.4, -0.2) is 72.1 Å². The van der Waals surface area contributed by atoms with Gasteiger partial charge in [-0.15, -0.1) is 0 Å². The van der Waals surface area contributed by atoms with E-state index < -0.39 is 6.10 Å². The number of aliphatic hydroxyl groups excluding tert-OH is 2. The number of fused-ring (bicyclic) bond motifs is 2. The summed E-state index contributed by atoms with van der Waals surface area (Å²) in [6.45, 7) is 7.18. The van der Waals surface area contributed by atoms with Gasteiger partial charge in [0.1, 0.15) is 0 Å². The van der Waals surface area contributed by atoms with E-state index in [1.165, 1.54) is 0 Å². The molecule has 1 unspecified atom stereocenters. The maximum atomic E-state index is 13.4. The Labute approximate surface area is 183 Å². The molecule has 4 N–H and O–H groups in total. The molecule has 0 radical (unpaired) electrons. The van der Waals surface area contributed by atoms with Crippen molar-refractivity contribution in [2.45, 2.75) is 39.2 Å². The molecule has 0 spiro atoms. The van der Waals surface area contributed by atoms with Crippen LogP contribution in [0.5, 0.6) is 0 Å². The molecule has 0 heterocycles. The molecule has 168 valence electrons. The zero-order valence-corrected chi connectivity index (χ0v) is 18.4. The molecule has 7 heteroatoms. The molecule has 1 aromatic rings. The first-order chi connectivity index (χ1) is 15.0. The van der Waals surface area contributed by atoms with Crippen LogP contribution in [0.4, 0.5) is 11.4 Å². The van der Waals surface area contributed by atoms with Crippen LogP contribution in [0.1, 0.15) is 53.8 Å². The minimum atomic E-state index is -0.600. The molecule has 7 nitrogen and oxygen atoms in total. The van der Waals surface area contributed by atoms with E-state index in [0.717, 1.165) is 25.9 Å². The first kappa shape index (κ1) is 23.2. The monoisotopic (exact) mass is 427 g/mol. The van der Waals surface area contributed by atoms with Gasteiger partial charge in [-0.1, -0.05) is 26.0 Å². The lowest BCUT2D eigenvalue weighted by molar-refractivity contribution is 0.0972. The van der Waals surface area contributed by atoms with E-state index in [2.05, 4.69) is 29.4 Å². The molecule has 2 aliphatic carbocycles. The van der Waals surface area contributed by atoms with Crippen LogP contribution >= 0.6 is 0 Å². The second kappa shape index (κ2) is 10.7. The molecule has 0 saturated carbocycles. The van der Waals surface area contributed by atoms with Crippen molar-refractivity contribution in [3.63, 3.8) is 0 Å². The van der Waals surface area contributed by atoms with E-state index in [1.807, 2.05) is 12.2 Å². The highest BCUT2D eigenvalue weighted by atomic mass is 16.3. The molecule has 0 saturated heterocycles. The Hall–Kier alpha value is -2.48. The van der Waals surface area contributed by atoms with Gasteiger partial charge in [-0.2, -0.15) is 0 Å². The Morgan fingerprint density at radius 3 is 2.03 bits per heavy atom. The summed E-state index contributed by atoms with van der Waals surface area (Å²) in [7, 11) is 0. The predicted molar refractivity (Wildman–Crippen MR) is 123 cm³/mol. The number of anilines is 2. The minimum Gasteiger partial charge on any atom is -0.396 e. The van der Waals surface area contributed by atoms with Gasteiger partial charge < -0.3 is 25.7 Å². The van der Waals surface area contributed by atoms with Crippen LogP contribution in [0, 0.1) is 0 Å². The van der Waals surface area contributed by atoms with Gasteiger partial charge in [0, 0.05) is 48.8 Å². The third-order valence-corrected chi connectivity index (χ3v) is 5.84. The molecule has 0 aliphatic heterocycles. The summed E-state index contributed by atoms with van der Waals surface area (Å²) in [5, 5.41) is 25.9. The molecule has 3 rings (SSSR count). The third-order valence-electron chi connectivity index (χ3n) is 5.84. The third kappa shape index (κ3) is 5.06. The largest absolute Gasteiger partial charge is 0.396 e. The normalized spacial score (nSPS) is 16.4. The number of rotatable bonds is 11. The van der Waals surface area contributed by atoms with Crippen molar-refractivity contribution in [1.82, 2.24) is 4.90 Å². The smallest absolute Gasteiger partial charge is 0.196 e. The number of ketones is 2. The molecule has 1 atom stereocenters. The lowest BCUT2D eigenvalue weighted by Crippen LogP contribution is -2.36. The van der Waals surface area contributed by atoms with E-state index in [-0.39, 0.29) is 24.7 Å². The Kier molecular flexibility index (Phi) is 8.01. The standard InChI is InChI=1S/C24H33N3O4/c1-3-27(4-2)15-16(29)14-26-20-11-10-19(25-12-7-13-28)21-22(20)24(31)18-9-6-5-8-17(18)23(21)30/h8-11,16,25-26,28-29H,3-7,12-15H2,1-2H3. The Balaban J connectivity index is 1.92. The lowest BCUT2D eigenvalue weighted by Gasteiger charge is -2.27. The number of benzene rings is 1. The second-order valence-corrected chi connectivity index (χ2v) is 7.91. The number of hydrogen-bond acceptors (Lipinski definition) is 7. The number of allylic oxidation sites excluding steroid dienone is 4. The summed E-state index contributed by atoms with van der Waals surface area (Å²) < 4.78 is 0.